The van der Waals surface area contributed by atoms with Crippen LogP contribution in [0.2, 0.25) is 0 Å². The van der Waals surface area contributed by atoms with Gasteiger partial charge in [-0.1, -0.05) is 0 Å². The Morgan fingerprint density at radius 1 is 1.71 bits per heavy atom. The minimum atomic E-state index is 0.0559. The maximum absolute atomic E-state index is 11.8. The number of carbonyl (C=O) groups is 1. The van der Waals surface area contributed by atoms with Gasteiger partial charge in [-0.3, -0.25) is 4.79 Å². The fourth-order valence-corrected chi connectivity index (χ4v) is 2.58. The van der Waals surface area contributed by atoms with E-state index in [4.69, 9.17) is 5.73 Å². The largest absolute Gasteiger partial charge is 0.341 e. The Morgan fingerprint density at radius 2 is 2.43 bits per heavy atom. The highest BCUT2D eigenvalue weighted by molar-refractivity contribution is 9.10. The molecule has 0 saturated heterocycles. The average Bonchev–Trinajstić information content (AvgIpc) is 2.59. The van der Waals surface area contributed by atoms with Gasteiger partial charge in [0.2, 0.25) is 0 Å². The van der Waals surface area contributed by atoms with Crippen molar-refractivity contribution in [3.8, 4) is 0 Å². The Balaban J connectivity index is 2.61. The summed E-state index contributed by atoms with van der Waals surface area (Å²) in [5.41, 5.74) is 5.38. The zero-order valence-electron chi connectivity index (χ0n) is 8.00. The van der Waals surface area contributed by atoms with E-state index in [1.807, 2.05) is 11.4 Å². The molecule has 0 aliphatic rings. The van der Waals surface area contributed by atoms with Crippen molar-refractivity contribution in [2.75, 3.05) is 20.1 Å². The van der Waals surface area contributed by atoms with Gasteiger partial charge in [0, 0.05) is 18.1 Å². The maximum Gasteiger partial charge on any atom is 0.264 e. The number of carbonyl (C=O) groups excluding carboxylic acids is 1. The van der Waals surface area contributed by atoms with Crippen molar-refractivity contribution < 1.29 is 4.79 Å². The van der Waals surface area contributed by atoms with E-state index in [2.05, 4.69) is 15.9 Å². The predicted molar refractivity (Wildman–Crippen MR) is 62.7 cm³/mol. The highest BCUT2D eigenvalue weighted by Gasteiger charge is 2.15. The monoisotopic (exact) mass is 276 g/mol. The second-order valence-electron chi connectivity index (χ2n) is 2.97. The highest BCUT2D eigenvalue weighted by Crippen LogP contribution is 2.23. The molecule has 1 aromatic rings. The van der Waals surface area contributed by atoms with Gasteiger partial charge in [-0.15, -0.1) is 11.3 Å². The smallest absolute Gasteiger partial charge is 0.264 e. The second kappa shape index (κ2) is 5.48. The van der Waals surface area contributed by atoms with Crippen LogP contribution in [0, 0.1) is 0 Å². The summed E-state index contributed by atoms with van der Waals surface area (Å²) in [5.74, 6) is 0.0559. The molecule has 0 aromatic carbocycles. The lowest BCUT2D eigenvalue weighted by atomic mass is 10.3. The van der Waals surface area contributed by atoms with E-state index in [1.54, 1.807) is 11.9 Å². The minimum Gasteiger partial charge on any atom is -0.341 e. The molecule has 0 aliphatic carbocycles. The first-order valence-electron chi connectivity index (χ1n) is 4.35. The highest BCUT2D eigenvalue weighted by atomic mass is 79.9. The molecule has 0 unspecified atom stereocenters. The Morgan fingerprint density at radius 3 is 2.93 bits per heavy atom. The predicted octanol–water partition coefficient (Wildman–Crippen LogP) is 1.93. The van der Waals surface area contributed by atoms with E-state index >= 15 is 0 Å². The van der Waals surface area contributed by atoms with Crippen LogP contribution in [0.3, 0.4) is 0 Å². The number of hydrogen-bond donors (Lipinski definition) is 1. The lowest BCUT2D eigenvalue weighted by molar-refractivity contribution is 0.0798. The third kappa shape index (κ3) is 2.80. The van der Waals surface area contributed by atoms with Gasteiger partial charge in [-0.2, -0.15) is 0 Å². The van der Waals surface area contributed by atoms with Crippen LogP contribution in [0.4, 0.5) is 0 Å². The van der Waals surface area contributed by atoms with Crippen LogP contribution in [-0.4, -0.2) is 30.9 Å². The van der Waals surface area contributed by atoms with E-state index in [-0.39, 0.29) is 5.91 Å². The topological polar surface area (TPSA) is 46.3 Å². The first kappa shape index (κ1) is 11.7. The molecule has 0 atom stereocenters. The number of nitrogens with two attached hydrogens (primary N) is 1. The standard InChI is InChI=1S/C9H13BrN2OS/c1-12(5-2-4-11)9(13)8-7(10)3-6-14-8/h3,6H,2,4-5,11H2,1H3. The molecule has 1 heterocycles. The summed E-state index contributed by atoms with van der Waals surface area (Å²) in [7, 11) is 1.80. The molecule has 78 valence electrons. The van der Waals surface area contributed by atoms with Crippen LogP contribution in [0.25, 0.3) is 0 Å². The van der Waals surface area contributed by atoms with Crippen LogP contribution in [0.5, 0.6) is 0 Å². The molecule has 0 fully saturated rings. The van der Waals surface area contributed by atoms with E-state index in [0.717, 1.165) is 15.8 Å². The molecule has 2 N–H and O–H groups in total. The molecule has 0 radical (unpaired) electrons. The molecule has 1 aromatic heterocycles. The molecular formula is C9H13BrN2OS. The molecule has 0 saturated carbocycles. The number of hydrogen-bond acceptors (Lipinski definition) is 3. The number of amides is 1. The molecule has 0 aliphatic heterocycles. The SMILES string of the molecule is CN(CCCN)C(=O)c1sccc1Br. The average molecular weight is 277 g/mol. The summed E-state index contributed by atoms with van der Waals surface area (Å²) in [6.07, 6.45) is 0.839. The van der Waals surface area contributed by atoms with Gasteiger partial charge in [0.15, 0.2) is 0 Å². The first-order chi connectivity index (χ1) is 6.66. The van der Waals surface area contributed by atoms with Crippen LogP contribution < -0.4 is 5.73 Å². The summed E-state index contributed by atoms with van der Waals surface area (Å²) in [4.78, 5) is 14.3. The van der Waals surface area contributed by atoms with Gasteiger partial charge in [0.1, 0.15) is 4.88 Å². The zero-order chi connectivity index (χ0) is 10.6. The number of halogens is 1. The van der Waals surface area contributed by atoms with Gasteiger partial charge in [0.05, 0.1) is 0 Å². The summed E-state index contributed by atoms with van der Waals surface area (Å²) in [6, 6.07) is 1.88. The van der Waals surface area contributed by atoms with E-state index in [0.29, 0.717) is 13.1 Å². The summed E-state index contributed by atoms with van der Waals surface area (Å²) in [5, 5.41) is 1.90. The minimum absolute atomic E-state index is 0.0559. The summed E-state index contributed by atoms with van der Waals surface area (Å²) < 4.78 is 0.868. The lowest BCUT2D eigenvalue weighted by Gasteiger charge is -2.15. The van der Waals surface area contributed by atoms with Crippen molar-refractivity contribution in [3.05, 3.63) is 20.8 Å². The molecule has 0 spiro atoms. The fraction of sp³-hybridized carbons (Fsp3) is 0.444. The molecule has 3 nitrogen and oxygen atoms in total. The van der Waals surface area contributed by atoms with Crippen molar-refractivity contribution >= 4 is 33.2 Å². The third-order valence-corrected chi connectivity index (χ3v) is 3.68. The maximum atomic E-state index is 11.8. The van der Waals surface area contributed by atoms with Crippen molar-refractivity contribution in [2.24, 2.45) is 5.73 Å². The lowest BCUT2D eigenvalue weighted by Crippen LogP contribution is -2.28. The molecule has 5 heteroatoms. The number of thiophene rings is 1. The van der Waals surface area contributed by atoms with Gasteiger partial charge >= 0.3 is 0 Å². The van der Waals surface area contributed by atoms with Gasteiger partial charge in [0.25, 0.3) is 5.91 Å². The molecule has 14 heavy (non-hydrogen) atoms. The van der Waals surface area contributed by atoms with Crippen molar-refractivity contribution in [2.45, 2.75) is 6.42 Å². The molecular weight excluding hydrogens is 264 g/mol. The van der Waals surface area contributed by atoms with Crippen LogP contribution >= 0.6 is 27.3 Å². The Bertz CT molecular complexity index is 314. The van der Waals surface area contributed by atoms with E-state index in [9.17, 15) is 4.79 Å². The first-order valence-corrected chi connectivity index (χ1v) is 6.02. The normalized spacial score (nSPS) is 10.2. The Hall–Kier alpha value is -0.390. The van der Waals surface area contributed by atoms with Gasteiger partial charge in [-0.25, -0.2) is 0 Å². The fourth-order valence-electron chi connectivity index (χ4n) is 1.05. The van der Waals surface area contributed by atoms with Crippen molar-refractivity contribution in [3.63, 3.8) is 0 Å². The van der Waals surface area contributed by atoms with Crippen LogP contribution in [0.1, 0.15) is 16.1 Å². The zero-order valence-corrected chi connectivity index (χ0v) is 10.4. The third-order valence-electron chi connectivity index (χ3n) is 1.86. The van der Waals surface area contributed by atoms with E-state index in [1.165, 1.54) is 11.3 Å². The van der Waals surface area contributed by atoms with Crippen LogP contribution in [0.15, 0.2) is 15.9 Å². The summed E-state index contributed by atoms with van der Waals surface area (Å²) >= 11 is 4.79. The Labute approximate surface area is 96.0 Å². The molecule has 1 amide bonds. The summed E-state index contributed by atoms with van der Waals surface area (Å²) in [6.45, 7) is 1.32. The quantitative estimate of drug-likeness (QED) is 0.914. The Kier molecular flexibility index (Phi) is 4.57. The van der Waals surface area contributed by atoms with Gasteiger partial charge < -0.3 is 10.6 Å². The molecule has 0 bridgehead atoms. The number of rotatable bonds is 4. The molecule has 1 rings (SSSR count). The van der Waals surface area contributed by atoms with Crippen molar-refractivity contribution in [1.82, 2.24) is 4.90 Å². The van der Waals surface area contributed by atoms with Gasteiger partial charge in [-0.05, 0) is 40.3 Å². The van der Waals surface area contributed by atoms with Crippen LogP contribution in [-0.2, 0) is 0 Å². The van der Waals surface area contributed by atoms with Crippen molar-refractivity contribution in [1.29, 1.82) is 0 Å². The number of nitrogens with zero attached hydrogens (tertiary/aromatic N) is 1. The second-order valence-corrected chi connectivity index (χ2v) is 4.74. The van der Waals surface area contributed by atoms with E-state index < -0.39 is 0 Å².